The number of ether oxygens (including phenoxy) is 2. The zero-order valence-corrected chi connectivity index (χ0v) is 20.9. The Morgan fingerprint density at radius 1 is 1.26 bits per heavy atom. The standard InChI is InChI=1S/C22H30N5O5P.CHN/c1-4-30-22(28)16(2)26-33(32-18-8-6-5-7-9-18)31-14-19(29-3)12-10-17-11-13-20-21(23)24-15-25-27(17)20;1-2/h5-9,11,13,15-16,19,26H,4,10,12,14H2,1-3H3,(H2,23,24,25);1H. The molecule has 11 nitrogen and oxygen atoms in total. The van der Waals surface area contributed by atoms with E-state index in [1.165, 1.54) is 6.33 Å². The molecule has 3 atom stereocenters. The molecule has 1 aromatic carbocycles. The summed E-state index contributed by atoms with van der Waals surface area (Å²) in [6.45, 7) is 7.56. The number of anilines is 1. The Kier molecular flexibility index (Phi) is 11.9. The van der Waals surface area contributed by atoms with E-state index in [9.17, 15) is 4.79 Å². The van der Waals surface area contributed by atoms with Crippen LogP contribution < -0.4 is 15.3 Å². The summed E-state index contributed by atoms with van der Waals surface area (Å²) in [4.78, 5) is 16.1. The molecule has 3 unspecified atom stereocenters. The van der Waals surface area contributed by atoms with Crippen LogP contribution in [-0.4, -0.2) is 53.0 Å². The molecular formula is C23H31N6O5P. The second kappa shape index (κ2) is 14.9. The number of esters is 1. The molecule has 0 spiro atoms. The van der Waals surface area contributed by atoms with E-state index in [1.807, 2.05) is 42.5 Å². The predicted molar refractivity (Wildman–Crippen MR) is 132 cm³/mol. The molecular weight excluding hydrogens is 471 g/mol. The number of nitrogen functional groups attached to an aromatic ring is 1. The Morgan fingerprint density at radius 2 is 2.00 bits per heavy atom. The number of benzene rings is 1. The molecule has 12 heteroatoms. The minimum Gasteiger partial charge on any atom is -0.465 e. The van der Waals surface area contributed by atoms with Crippen molar-refractivity contribution in [2.75, 3.05) is 26.1 Å². The highest BCUT2D eigenvalue weighted by Gasteiger charge is 2.24. The molecule has 0 radical (unpaired) electrons. The summed E-state index contributed by atoms with van der Waals surface area (Å²) in [5.74, 6) is 0.710. The van der Waals surface area contributed by atoms with Gasteiger partial charge in [-0.1, -0.05) is 18.2 Å². The average molecular weight is 503 g/mol. The van der Waals surface area contributed by atoms with Crippen LogP contribution in [0.1, 0.15) is 26.0 Å². The second-order valence-electron chi connectivity index (χ2n) is 7.22. The van der Waals surface area contributed by atoms with E-state index in [-0.39, 0.29) is 18.7 Å². The summed E-state index contributed by atoms with van der Waals surface area (Å²) in [6, 6.07) is 12.6. The van der Waals surface area contributed by atoms with Crippen LogP contribution in [0.3, 0.4) is 0 Å². The molecule has 35 heavy (non-hydrogen) atoms. The molecule has 0 aliphatic heterocycles. The van der Waals surface area contributed by atoms with Gasteiger partial charge >= 0.3 is 14.5 Å². The number of nitrogens with two attached hydrogens (primary N) is 1. The maximum Gasteiger partial charge on any atom is 0.323 e. The Labute approximate surface area is 206 Å². The van der Waals surface area contributed by atoms with Crippen molar-refractivity contribution in [3.63, 3.8) is 0 Å². The monoisotopic (exact) mass is 502 g/mol. The van der Waals surface area contributed by atoms with Crippen molar-refractivity contribution in [2.45, 2.75) is 38.8 Å². The van der Waals surface area contributed by atoms with Crippen molar-refractivity contribution in [1.82, 2.24) is 19.7 Å². The highest BCUT2D eigenvalue weighted by atomic mass is 31.2. The van der Waals surface area contributed by atoms with E-state index in [0.29, 0.717) is 31.0 Å². The van der Waals surface area contributed by atoms with Crippen molar-refractivity contribution in [2.24, 2.45) is 0 Å². The van der Waals surface area contributed by atoms with Crippen LogP contribution in [0.5, 0.6) is 5.75 Å². The van der Waals surface area contributed by atoms with Gasteiger partial charge in [0.1, 0.15) is 23.6 Å². The molecule has 0 fully saturated rings. The third-order valence-corrected chi connectivity index (χ3v) is 6.22. The lowest BCUT2D eigenvalue weighted by atomic mass is 10.1. The third-order valence-electron chi connectivity index (χ3n) is 4.86. The molecule has 3 aromatic rings. The lowest BCUT2D eigenvalue weighted by Gasteiger charge is -2.23. The number of hydrogen-bond donors (Lipinski definition) is 2. The number of nitriles is 1. The van der Waals surface area contributed by atoms with Gasteiger partial charge in [-0.15, -0.1) is 0 Å². The van der Waals surface area contributed by atoms with E-state index in [4.69, 9.17) is 29.5 Å². The van der Waals surface area contributed by atoms with Gasteiger partial charge < -0.3 is 24.3 Å². The molecule has 3 rings (SSSR count). The zero-order valence-electron chi connectivity index (χ0n) is 20.0. The topological polar surface area (TPSA) is 146 Å². The first-order chi connectivity index (χ1) is 17.0. The van der Waals surface area contributed by atoms with Gasteiger partial charge in [0, 0.05) is 19.4 Å². The van der Waals surface area contributed by atoms with Gasteiger partial charge in [0.25, 0.3) is 0 Å². The number of carbonyl (C=O) groups excluding carboxylic acids is 1. The molecule has 3 N–H and O–H groups in total. The van der Waals surface area contributed by atoms with Crippen LogP contribution in [0.2, 0.25) is 0 Å². The highest BCUT2D eigenvalue weighted by Crippen LogP contribution is 2.36. The van der Waals surface area contributed by atoms with Gasteiger partial charge in [0.2, 0.25) is 0 Å². The van der Waals surface area contributed by atoms with E-state index in [2.05, 4.69) is 21.7 Å². The van der Waals surface area contributed by atoms with Gasteiger partial charge in [0.15, 0.2) is 5.82 Å². The third kappa shape index (κ3) is 8.46. The number of aromatic nitrogens is 3. The molecule has 2 aromatic heterocycles. The first-order valence-corrected chi connectivity index (χ1v) is 12.1. The van der Waals surface area contributed by atoms with Gasteiger partial charge in [-0.2, -0.15) is 5.10 Å². The normalized spacial score (nSPS) is 13.3. The number of nitrogens with zero attached hydrogens (tertiary/aromatic N) is 4. The number of methoxy groups -OCH3 is 1. The molecule has 188 valence electrons. The quantitative estimate of drug-likeness (QED) is 0.264. The molecule has 0 saturated carbocycles. The van der Waals surface area contributed by atoms with Gasteiger partial charge in [-0.3, -0.25) is 4.79 Å². The minimum absolute atomic E-state index is 0.196. The van der Waals surface area contributed by atoms with Gasteiger partial charge in [-0.25, -0.2) is 19.8 Å². The van der Waals surface area contributed by atoms with Crippen LogP contribution in [0, 0.1) is 11.8 Å². The number of carbonyl (C=O) groups is 1. The average Bonchev–Trinajstić information content (AvgIpc) is 3.30. The molecule has 0 aliphatic rings. The van der Waals surface area contributed by atoms with E-state index < -0.39 is 14.6 Å². The van der Waals surface area contributed by atoms with E-state index in [0.717, 1.165) is 11.2 Å². The van der Waals surface area contributed by atoms with Crippen LogP contribution >= 0.6 is 8.53 Å². The fourth-order valence-electron chi connectivity index (χ4n) is 3.07. The molecule has 0 aliphatic carbocycles. The number of hydrogen-bond acceptors (Lipinski definition) is 10. The van der Waals surface area contributed by atoms with Crippen LogP contribution in [0.4, 0.5) is 5.82 Å². The molecule has 0 bridgehead atoms. The first-order valence-electron chi connectivity index (χ1n) is 11.0. The number of rotatable bonds is 13. The lowest BCUT2D eigenvalue weighted by molar-refractivity contribution is -0.144. The summed E-state index contributed by atoms with van der Waals surface area (Å²) in [6.07, 6.45) is 2.64. The maximum absolute atomic E-state index is 12.1. The fourth-order valence-corrected chi connectivity index (χ4v) is 4.29. The minimum atomic E-state index is -1.62. The highest BCUT2D eigenvalue weighted by molar-refractivity contribution is 7.45. The number of nitrogens with one attached hydrogen (secondary N) is 1. The Balaban J connectivity index is 0.00000210. The SMILES string of the molecule is C#N.CCOC(=O)C(C)NP(OCC(CCc1ccc2c(N)ncnn12)OC)Oc1ccccc1. The zero-order chi connectivity index (χ0) is 25.6. The molecule has 0 amide bonds. The number of para-hydroxylation sites is 1. The second-order valence-corrected chi connectivity index (χ2v) is 8.44. The van der Waals surface area contributed by atoms with Crippen molar-refractivity contribution in [3.8, 4) is 12.3 Å². The molecule has 2 heterocycles. The Bertz CT molecular complexity index is 1060. The summed E-state index contributed by atoms with van der Waals surface area (Å²) in [5, 5.41) is 13.9. The number of aryl methyl sites for hydroxylation is 1. The summed E-state index contributed by atoms with van der Waals surface area (Å²) >= 11 is 0. The smallest absolute Gasteiger partial charge is 0.323 e. The summed E-state index contributed by atoms with van der Waals surface area (Å²) in [5.41, 5.74) is 7.68. The van der Waals surface area contributed by atoms with Crippen molar-refractivity contribution in [3.05, 3.63) is 54.5 Å². The van der Waals surface area contributed by atoms with E-state index in [1.54, 1.807) is 25.5 Å². The fraction of sp³-hybridized carbons (Fsp3) is 0.391. The predicted octanol–water partition coefficient (Wildman–Crippen LogP) is 3.26. The Hall–Kier alpha value is -3.29. The molecule has 0 saturated heterocycles. The van der Waals surface area contributed by atoms with Crippen LogP contribution in [0.15, 0.2) is 48.8 Å². The van der Waals surface area contributed by atoms with Gasteiger partial charge in [0.05, 0.1) is 19.3 Å². The summed E-state index contributed by atoms with van der Waals surface area (Å²) < 4.78 is 24.5. The largest absolute Gasteiger partial charge is 0.465 e. The van der Waals surface area contributed by atoms with Crippen molar-refractivity contribution >= 4 is 25.8 Å². The van der Waals surface area contributed by atoms with Crippen LogP contribution in [0.25, 0.3) is 5.52 Å². The van der Waals surface area contributed by atoms with E-state index >= 15 is 0 Å². The van der Waals surface area contributed by atoms with Crippen molar-refractivity contribution < 1.29 is 23.3 Å². The summed E-state index contributed by atoms with van der Waals surface area (Å²) in [7, 11) is 0.0191. The van der Waals surface area contributed by atoms with Gasteiger partial charge in [-0.05, 0) is 51.0 Å². The van der Waals surface area contributed by atoms with Crippen molar-refractivity contribution in [1.29, 1.82) is 5.26 Å². The Morgan fingerprint density at radius 3 is 2.69 bits per heavy atom. The number of fused-ring (bicyclic) bond motifs is 1. The maximum atomic E-state index is 12.1. The lowest BCUT2D eigenvalue weighted by Crippen LogP contribution is -2.34. The first kappa shape index (κ1) is 28.0. The van der Waals surface area contributed by atoms with Crippen LogP contribution in [-0.2, 0) is 25.2 Å².